The molecule has 3 aromatic rings. The predicted octanol–water partition coefficient (Wildman–Crippen LogP) is 4.46. The minimum absolute atomic E-state index is 0.0387. The van der Waals surface area contributed by atoms with Crippen molar-refractivity contribution in [2.24, 2.45) is 0 Å². The molecule has 3 aromatic carbocycles. The van der Waals surface area contributed by atoms with Gasteiger partial charge in [-0.25, -0.2) is 0 Å². The van der Waals surface area contributed by atoms with Crippen LogP contribution in [0.4, 0.5) is 0 Å². The molecule has 0 aromatic heterocycles. The van der Waals surface area contributed by atoms with E-state index in [1.165, 1.54) is 22.4 Å². The van der Waals surface area contributed by atoms with Gasteiger partial charge in [0.05, 0.1) is 0 Å². The fourth-order valence-corrected chi connectivity index (χ4v) is 6.26. The van der Waals surface area contributed by atoms with E-state index in [9.17, 15) is 9.59 Å². The number of hydrogen-bond acceptors (Lipinski definition) is 3. The van der Waals surface area contributed by atoms with Crippen molar-refractivity contribution >= 4 is 41.7 Å². The molecule has 0 atom stereocenters. The average Bonchev–Trinajstić information content (AvgIpc) is 2.70. The molecule has 0 spiro atoms. The second-order valence-corrected chi connectivity index (χ2v) is 8.98. The largest absolute Gasteiger partial charge is 0.298 e. The van der Waals surface area contributed by atoms with E-state index in [-0.39, 0.29) is 5.12 Å². The van der Waals surface area contributed by atoms with Crippen molar-refractivity contribution in [3.8, 4) is 0 Å². The molecule has 0 fully saturated rings. The lowest BCUT2D eigenvalue weighted by Gasteiger charge is -2.18. The van der Waals surface area contributed by atoms with E-state index >= 15 is 0 Å². The van der Waals surface area contributed by atoms with Crippen LogP contribution in [0.5, 0.6) is 0 Å². The van der Waals surface area contributed by atoms with Crippen LogP contribution in [0.15, 0.2) is 84.9 Å². The van der Waals surface area contributed by atoms with E-state index in [0.717, 1.165) is 11.8 Å². The molecule has 0 unspecified atom stereocenters. The fourth-order valence-electron chi connectivity index (χ4n) is 2.42. The Kier molecular flexibility index (Phi) is 6.16. The van der Waals surface area contributed by atoms with Crippen molar-refractivity contribution in [3.63, 3.8) is 0 Å². The van der Waals surface area contributed by atoms with Crippen molar-refractivity contribution < 1.29 is 9.59 Å². The first kappa shape index (κ1) is 17.6. The first-order chi connectivity index (χ1) is 12.3. The van der Waals surface area contributed by atoms with Crippen LogP contribution < -0.4 is 10.6 Å². The second kappa shape index (κ2) is 8.75. The smallest absolute Gasteiger partial charge is 0.219 e. The lowest BCUT2D eigenvalue weighted by Crippen LogP contribution is -2.13. The number of carbonyl (C=O) groups is 2. The van der Waals surface area contributed by atoms with Gasteiger partial charge in [0.1, 0.15) is 6.29 Å². The summed E-state index contributed by atoms with van der Waals surface area (Å²) in [5.41, 5.74) is 1.95. The third kappa shape index (κ3) is 4.66. The summed E-state index contributed by atoms with van der Waals surface area (Å²) in [7, 11) is -0.597. The molecule has 0 radical (unpaired) electrons. The van der Waals surface area contributed by atoms with Gasteiger partial charge in [0.25, 0.3) is 0 Å². The van der Waals surface area contributed by atoms with Gasteiger partial charge in [0.2, 0.25) is 5.12 Å². The van der Waals surface area contributed by atoms with Crippen molar-refractivity contribution in [1.29, 1.82) is 0 Å². The molecule has 0 saturated heterocycles. The first-order valence-corrected chi connectivity index (χ1v) is 10.4. The van der Waals surface area contributed by atoms with E-state index in [4.69, 9.17) is 0 Å². The highest BCUT2D eigenvalue weighted by atomic mass is 32.2. The van der Waals surface area contributed by atoms with Crippen LogP contribution in [-0.4, -0.2) is 16.9 Å². The molecular weight excluding hydrogens is 347 g/mol. The van der Waals surface area contributed by atoms with Gasteiger partial charge in [0.15, 0.2) is 0 Å². The van der Waals surface area contributed by atoms with Gasteiger partial charge in [0, 0.05) is 16.6 Å². The molecule has 0 amide bonds. The molecular formula is C21H17O2PS. The van der Waals surface area contributed by atoms with Gasteiger partial charge in [-0.1, -0.05) is 84.6 Å². The van der Waals surface area contributed by atoms with Crippen LogP contribution in [0.2, 0.25) is 0 Å². The zero-order valence-electron chi connectivity index (χ0n) is 13.5. The standard InChI is InChI=1S/C21H17O2PS/c22-15-17-11-13-18(14-12-17)21(23)25-16-24(19-7-3-1-4-8-19)20-9-5-2-6-10-20/h1-15H,16H2. The van der Waals surface area contributed by atoms with Crippen LogP contribution >= 0.6 is 19.7 Å². The fraction of sp³-hybridized carbons (Fsp3) is 0.0476. The summed E-state index contributed by atoms with van der Waals surface area (Å²) in [4.78, 5) is 23.2. The lowest BCUT2D eigenvalue weighted by molar-refractivity contribution is 0.108. The average molecular weight is 364 g/mol. The Bertz CT molecular complexity index is 793. The summed E-state index contributed by atoms with van der Waals surface area (Å²) in [6.07, 6.45) is 0.783. The van der Waals surface area contributed by atoms with Gasteiger partial charge in [-0.05, 0) is 30.7 Å². The molecule has 3 rings (SSSR count). The Morgan fingerprint density at radius 3 is 1.80 bits per heavy atom. The number of benzene rings is 3. The number of aldehydes is 1. The van der Waals surface area contributed by atoms with E-state index in [1.807, 2.05) is 36.4 Å². The molecule has 124 valence electrons. The minimum atomic E-state index is -0.597. The van der Waals surface area contributed by atoms with Gasteiger partial charge < -0.3 is 0 Å². The number of rotatable bonds is 6. The molecule has 0 aliphatic carbocycles. The summed E-state index contributed by atoms with van der Waals surface area (Å²) in [5.74, 6) is 0. The zero-order chi connectivity index (χ0) is 17.5. The molecule has 2 nitrogen and oxygen atoms in total. The van der Waals surface area contributed by atoms with Crippen LogP contribution in [-0.2, 0) is 0 Å². The van der Waals surface area contributed by atoms with Crippen molar-refractivity contribution in [1.82, 2.24) is 0 Å². The summed E-state index contributed by atoms with van der Waals surface area (Å²) in [5, 5.41) is 2.57. The van der Waals surface area contributed by atoms with E-state index < -0.39 is 7.92 Å². The highest BCUT2D eigenvalue weighted by molar-refractivity contribution is 8.18. The monoisotopic (exact) mass is 364 g/mol. The summed E-state index contributed by atoms with van der Waals surface area (Å²) in [6.45, 7) is 0. The minimum Gasteiger partial charge on any atom is -0.298 e. The molecule has 0 heterocycles. The van der Waals surface area contributed by atoms with Crippen molar-refractivity contribution in [2.75, 3.05) is 5.49 Å². The molecule has 0 N–H and O–H groups in total. The topological polar surface area (TPSA) is 34.1 Å². The Balaban J connectivity index is 1.76. The van der Waals surface area contributed by atoms with Crippen LogP contribution in [0.1, 0.15) is 20.7 Å². The maximum Gasteiger partial charge on any atom is 0.219 e. The van der Waals surface area contributed by atoms with Crippen LogP contribution in [0, 0.1) is 0 Å². The Morgan fingerprint density at radius 2 is 1.32 bits per heavy atom. The summed E-state index contributed by atoms with van der Waals surface area (Å²) >= 11 is 1.34. The lowest BCUT2D eigenvalue weighted by atomic mass is 10.2. The van der Waals surface area contributed by atoms with Gasteiger partial charge >= 0.3 is 0 Å². The number of carbonyl (C=O) groups excluding carboxylic acids is 2. The molecule has 0 aliphatic rings. The maximum atomic E-state index is 12.5. The van der Waals surface area contributed by atoms with Gasteiger partial charge in [-0.2, -0.15) is 0 Å². The van der Waals surface area contributed by atoms with E-state index in [2.05, 4.69) is 24.3 Å². The quantitative estimate of drug-likeness (QED) is 0.478. The normalized spacial score (nSPS) is 10.6. The molecule has 4 heteroatoms. The Hall–Kier alpha value is -2.22. The zero-order valence-corrected chi connectivity index (χ0v) is 15.3. The van der Waals surface area contributed by atoms with Crippen LogP contribution in [0.3, 0.4) is 0 Å². The van der Waals surface area contributed by atoms with Gasteiger partial charge in [-0.15, -0.1) is 0 Å². The molecule has 0 saturated carbocycles. The van der Waals surface area contributed by atoms with Crippen molar-refractivity contribution in [2.45, 2.75) is 0 Å². The molecule has 0 bridgehead atoms. The summed E-state index contributed by atoms with van der Waals surface area (Å²) in [6, 6.07) is 27.5. The highest BCUT2D eigenvalue weighted by Gasteiger charge is 2.16. The Morgan fingerprint density at radius 1 is 0.800 bits per heavy atom. The van der Waals surface area contributed by atoms with Gasteiger partial charge in [-0.3, -0.25) is 9.59 Å². The maximum absolute atomic E-state index is 12.5. The number of hydrogen-bond donors (Lipinski definition) is 0. The second-order valence-electron chi connectivity index (χ2n) is 5.40. The van der Waals surface area contributed by atoms with Crippen molar-refractivity contribution in [3.05, 3.63) is 96.1 Å². The SMILES string of the molecule is O=Cc1ccc(C(=O)SCP(c2ccccc2)c2ccccc2)cc1. The summed E-state index contributed by atoms with van der Waals surface area (Å²) < 4.78 is 0. The third-order valence-corrected chi connectivity index (χ3v) is 7.63. The highest BCUT2D eigenvalue weighted by Crippen LogP contribution is 2.38. The molecule has 0 aliphatic heterocycles. The third-order valence-electron chi connectivity index (χ3n) is 3.74. The van der Waals surface area contributed by atoms with E-state index in [1.54, 1.807) is 24.3 Å². The first-order valence-electron chi connectivity index (χ1n) is 7.88. The van der Waals surface area contributed by atoms with E-state index in [0.29, 0.717) is 11.1 Å². The number of thioether (sulfide) groups is 1. The predicted molar refractivity (Wildman–Crippen MR) is 108 cm³/mol. The molecule has 25 heavy (non-hydrogen) atoms. The Labute approximate surface area is 153 Å². The van der Waals surface area contributed by atoms with Crippen LogP contribution in [0.25, 0.3) is 0 Å².